The summed E-state index contributed by atoms with van der Waals surface area (Å²) in [5.41, 5.74) is 8.43. The SMILES string of the molecule is c1ccc(-c2nc(-c3ccc4ccccc4c3)nc(-c3ccc(-c4cccc5oc6ccccc6c45)c4oc5cccnc5c34)n2)cc1. The fourth-order valence-corrected chi connectivity index (χ4v) is 6.76. The van der Waals surface area contributed by atoms with Gasteiger partial charge in [-0.05, 0) is 58.8 Å². The second-order valence-corrected chi connectivity index (χ2v) is 11.8. The topological polar surface area (TPSA) is 77.8 Å². The maximum atomic E-state index is 6.65. The average Bonchev–Trinajstić information content (AvgIpc) is 3.74. The van der Waals surface area contributed by atoms with Gasteiger partial charge in [0.15, 0.2) is 23.1 Å². The van der Waals surface area contributed by atoms with E-state index in [-0.39, 0.29) is 0 Å². The summed E-state index contributed by atoms with van der Waals surface area (Å²) in [6.07, 6.45) is 1.79. The number of hydrogen-bond donors (Lipinski definition) is 0. The van der Waals surface area contributed by atoms with Crippen molar-refractivity contribution in [2.75, 3.05) is 0 Å². The molecule has 48 heavy (non-hydrogen) atoms. The van der Waals surface area contributed by atoms with Crippen LogP contribution in [0.5, 0.6) is 0 Å². The van der Waals surface area contributed by atoms with Gasteiger partial charge in [0.25, 0.3) is 0 Å². The Morgan fingerprint density at radius 1 is 0.417 bits per heavy atom. The highest BCUT2D eigenvalue weighted by molar-refractivity contribution is 6.19. The monoisotopic (exact) mass is 616 g/mol. The molecule has 0 saturated carbocycles. The van der Waals surface area contributed by atoms with E-state index in [0.717, 1.165) is 71.4 Å². The number of nitrogens with zero attached hydrogens (tertiary/aromatic N) is 4. The number of hydrogen-bond acceptors (Lipinski definition) is 6. The van der Waals surface area contributed by atoms with Crippen LogP contribution < -0.4 is 0 Å². The van der Waals surface area contributed by atoms with Crippen LogP contribution in [0.15, 0.2) is 155 Å². The molecule has 6 aromatic carbocycles. The lowest BCUT2D eigenvalue weighted by Gasteiger charge is -2.11. The van der Waals surface area contributed by atoms with Gasteiger partial charge in [0.2, 0.25) is 0 Å². The molecule has 0 fully saturated rings. The molecule has 0 saturated heterocycles. The Hall–Kier alpha value is -6.66. The standard InChI is InChI=1S/C42H24N4O2/c1-2-11-26(12-3-1)40-44-41(28-20-19-25-10-4-5-13-27(25)24-28)46-42(45-40)32-22-21-30(39-37(32)38-35(48-39)18-9-23-43-38)29-15-8-17-34-36(29)31-14-6-7-16-33(31)47-34/h1-24H. The maximum absolute atomic E-state index is 6.65. The van der Waals surface area contributed by atoms with E-state index in [1.165, 1.54) is 0 Å². The number of fused-ring (bicyclic) bond motifs is 7. The van der Waals surface area contributed by atoms with E-state index in [9.17, 15) is 0 Å². The van der Waals surface area contributed by atoms with Gasteiger partial charge in [-0.15, -0.1) is 0 Å². The molecule has 0 bridgehead atoms. The zero-order chi connectivity index (χ0) is 31.6. The van der Waals surface area contributed by atoms with Crippen LogP contribution in [0.4, 0.5) is 0 Å². The van der Waals surface area contributed by atoms with Gasteiger partial charge in [0.05, 0.1) is 5.39 Å². The van der Waals surface area contributed by atoms with E-state index in [1.54, 1.807) is 6.20 Å². The predicted molar refractivity (Wildman–Crippen MR) is 191 cm³/mol. The lowest BCUT2D eigenvalue weighted by Crippen LogP contribution is -2.00. The Morgan fingerprint density at radius 3 is 2.06 bits per heavy atom. The Morgan fingerprint density at radius 2 is 1.15 bits per heavy atom. The molecule has 10 rings (SSSR count). The van der Waals surface area contributed by atoms with E-state index in [1.807, 2.05) is 84.9 Å². The van der Waals surface area contributed by atoms with Crippen molar-refractivity contribution in [1.82, 2.24) is 19.9 Å². The van der Waals surface area contributed by atoms with Crippen LogP contribution in [-0.2, 0) is 0 Å². The van der Waals surface area contributed by atoms with Gasteiger partial charge in [-0.25, -0.2) is 15.0 Å². The van der Waals surface area contributed by atoms with Gasteiger partial charge in [0, 0.05) is 39.2 Å². The van der Waals surface area contributed by atoms with Crippen molar-refractivity contribution in [3.63, 3.8) is 0 Å². The van der Waals surface area contributed by atoms with Crippen molar-refractivity contribution in [1.29, 1.82) is 0 Å². The van der Waals surface area contributed by atoms with Crippen LogP contribution in [-0.4, -0.2) is 19.9 Å². The number of furan rings is 2. The number of rotatable bonds is 4. The molecular weight excluding hydrogens is 592 g/mol. The van der Waals surface area contributed by atoms with Crippen molar-refractivity contribution >= 4 is 54.8 Å². The molecule has 0 aliphatic carbocycles. The van der Waals surface area contributed by atoms with Crippen LogP contribution >= 0.6 is 0 Å². The molecule has 10 aromatic rings. The number of benzene rings is 6. The highest BCUT2D eigenvalue weighted by Crippen LogP contribution is 2.44. The molecule has 6 heteroatoms. The second-order valence-electron chi connectivity index (χ2n) is 11.8. The molecule has 0 unspecified atom stereocenters. The van der Waals surface area contributed by atoms with Crippen molar-refractivity contribution in [2.24, 2.45) is 0 Å². The first-order valence-corrected chi connectivity index (χ1v) is 15.8. The molecule has 6 nitrogen and oxygen atoms in total. The fourth-order valence-electron chi connectivity index (χ4n) is 6.76. The summed E-state index contributed by atoms with van der Waals surface area (Å²) in [5.74, 6) is 1.73. The second kappa shape index (κ2) is 10.4. The summed E-state index contributed by atoms with van der Waals surface area (Å²) >= 11 is 0. The molecule has 4 aromatic heterocycles. The Kier molecular flexibility index (Phi) is 5.77. The van der Waals surface area contributed by atoms with Gasteiger partial charge in [-0.1, -0.05) is 97.1 Å². The third-order valence-electron chi connectivity index (χ3n) is 8.99. The van der Waals surface area contributed by atoms with E-state index >= 15 is 0 Å². The summed E-state index contributed by atoms with van der Waals surface area (Å²) < 4.78 is 12.9. The van der Waals surface area contributed by atoms with Crippen molar-refractivity contribution in [3.05, 3.63) is 146 Å². The number of pyridine rings is 1. The van der Waals surface area contributed by atoms with Crippen molar-refractivity contribution in [3.8, 4) is 45.3 Å². The van der Waals surface area contributed by atoms with Crippen LogP contribution in [0.3, 0.4) is 0 Å². The zero-order valence-electron chi connectivity index (χ0n) is 25.5. The highest BCUT2D eigenvalue weighted by Gasteiger charge is 2.23. The van der Waals surface area contributed by atoms with Gasteiger partial charge in [0.1, 0.15) is 22.3 Å². The maximum Gasteiger partial charge on any atom is 0.164 e. The summed E-state index contributed by atoms with van der Waals surface area (Å²) in [4.78, 5) is 20.0. The molecule has 0 aliphatic rings. The minimum absolute atomic E-state index is 0.545. The highest BCUT2D eigenvalue weighted by atomic mass is 16.3. The van der Waals surface area contributed by atoms with Crippen molar-refractivity contribution < 1.29 is 8.83 Å². The van der Waals surface area contributed by atoms with Crippen LogP contribution in [0, 0.1) is 0 Å². The number of para-hydroxylation sites is 1. The molecule has 0 spiro atoms. The van der Waals surface area contributed by atoms with Gasteiger partial charge in [-0.2, -0.15) is 0 Å². The third kappa shape index (κ3) is 4.13. The first kappa shape index (κ1) is 26.5. The lowest BCUT2D eigenvalue weighted by atomic mass is 9.95. The van der Waals surface area contributed by atoms with E-state index in [0.29, 0.717) is 28.6 Å². The third-order valence-corrected chi connectivity index (χ3v) is 8.99. The molecule has 0 N–H and O–H groups in total. The first-order chi connectivity index (χ1) is 23.8. The zero-order valence-corrected chi connectivity index (χ0v) is 25.5. The minimum Gasteiger partial charge on any atom is -0.456 e. The molecular formula is C42H24N4O2. The van der Waals surface area contributed by atoms with Gasteiger partial charge < -0.3 is 8.83 Å². The van der Waals surface area contributed by atoms with E-state index in [4.69, 9.17) is 28.8 Å². The summed E-state index contributed by atoms with van der Waals surface area (Å²) in [7, 11) is 0. The van der Waals surface area contributed by atoms with Crippen LogP contribution in [0.2, 0.25) is 0 Å². The molecule has 4 heterocycles. The number of aromatic nitrogens is 4. The summed E-state index contributed by atoms with van der Waals surface area (Å²) in [6.45, 7) is 0. The molecule has 0 aliphatic heterocycles. The minimum atomic E-state index is 0.545. The lowest BCUT2D eigenvalue weighted by molar-refractivity contribution is 0.668. The summed E-state index contributed by atoms with van der Waals surface area (Å²) in [5, 5.41) is 5.23. The Balaban J connectivity index is 1.26. The largest absolute Gasteiger partial charge is 0.456 e. The van der Waals surface area contributed by atoms with Crippen molar-refractivity contribution in [2.45, 2.75) is 0 Å². The molecule has 0 radical (unpaired) electrons. The Labute approximate surface area is 274 Å². The first-order valence-electron chi connectivity index (χ1n) is 15.8. The van der Waals surface area contributed by atoms with E-state index < -0.39 is 0 Å². The molecule has 0 atom stereocenters. The predicted octanol–water partition coefficient (Wildman–Crippen LogP) is 10.9. The molecule has 224 valence electrons. The van der Waals surface area contributed by atoms with Crippen LogP contribution in [0.1, 0.15) is 0 Å². The van der Waals surface area contributed by atoms with Gasteiger partial charge >= 0.3 is 0 Å². The van der Waals surface area contributed by atoms with Gasteiger partial charge in [-0.3, -0.25) is 4.98 Å². The average molecular weight is 617 g/mol. The summed E-state index contributed by atoms with van der Waals surface area (Å²) in [6, 6.07) is 46.9. The smallest absolute Gasteiger partial charge is 0.164 e. The fraction of sp³-hybridized carbons (Fsp3) is 0. The molecule has 0 amide bonds. The van der Waals surface area contributed by atoms with E-state index in [2.05, 4.69) is 54.6 Å². The Bertz CT molecular complexity index is 2850. The van der Waals surface area contributed by atoms with Crippen LogP contribution in [0.25, 0.3) is 100 Å². The normalized spacial score (nSPS) is 11.8. The quantitative estimate of drug-likeness (QED) is 0.196.